The Morgan fingerprint density at radius 2 is 1.79 bits per heavy atom. The average Bonchev–Trinajstić information content (AvgIpc) is 2.89. The van der Waals surface area contributed by atoms with Crippen LogP contribution in [0.3, 0.4) is 0 Å². The molecule has 2 aliphatic rings. The van der Waals surface area contributed by atoms with Crippen LogP contribution in [0.4, 0.5) is 0 Å². The van der Waals surface area contributed by atoms with Gasteiger partial charge in [-0.1, -0.05) is 37.8 Å². The zero-order valence-electron chi connectivity index (χ0n) is 11.8. The largest absolute Gasteiger partial charge is 0.339 e. The Bertz CT molecular complexity index is 409. The molecule has 0 aliphatic heterocycles. The van der Waals surface area contributed by atoms with E-state index in [1.807, 2.05) is 0 Å². The highest BCUT2D eigenvalue weighted by Crippen LogP contribution is 2.36. The first-order valence-electron chi connectivity index (χ1n) is 7.83. The average molecular weight is 263 g/mol. The SMILES string of the molecule is CC1CCC(c2noc(C3CCCCC3N)n2)CC1. The number of hydrogen-bond acceptors (Lipinski definition) is 4. The molecule has 4 nitrogen and oxygen atoms in total. The van der Waals surface area contributed by atoms with Crippen molar-refractivity contribution < 1.29 is 4.52 Å². The Labute approximate surface area is 115 Å². The number of nitrogens with zero attached hydrogens (tertiary/aromatic N) is 2. The summed E-state index contributed by atoms with van der Waals surface area (Å²) in [7, 11) is 0. The van der Waals surface area contributed by atoms with E-state index in [9.17, 15) is 0 Å². The highest BCUT2D eigenvalue weighted by molar-refractivity contribution is 5.04. The summed E-state index contributed by atoms with van der Waals surface area (Å²) in [5, 5.41) is 4.23. The Morgan fingerprint density at radius 1 is 1.05 bits per heavy atom. The van der Waals surface area contributed by atoms with Crippen LogP contribution < -0.4 is 5.73 Å². The molecule has 0 saturated heterocycles. The maximum Gasteiger partial charge on any atom is 0.231 e. The van der Waals surface area contributed by atoms with Crippen LogP contribution in [0.25, 0.3) is 0 Å². The van der Waals surface area contributed by atoms with Gasteiger partial charge in [-0.2, -0.15) is 4.98 Å². The maximum absolute atomic E-state index is 6.19. The summed E-state index contributed by atoms with van der Waals surface area (Å²) < 4.78 is 5.51. The molecule has 1 aromatic heterocycles. The van der Waals surface area contributed by atoms with E-state index >= 15 is 0 Å². The number of hydrogen-bond donors (Lipinski definition) is 1. The van der Waals surface area contributed by atoms with Gasteiger partial charge in [0.1, 0.15) is 0 Å². The molecule has 2 saturated carbocycles. The van der Waals surface area contributed by atoms with Crippen molar-refractivity contribution in [2.45, 2.75) is 76.2 Å². The summed E-state index contributed by atoms with van der Waals surface area (Å²) in [6, 6.07) is 0.202. The molecule has 0 radical (unpaired) electrons. The predicted molar refractivity (Wildman–Crippen MR) is 73.9 cm³/mol. The van der Waals surface area contributed by atoms with Crippen LogP contribution in [0, 0.1) is 5.92 Å². The van der Waals surface area contributed by atoms with E-state index in [1.165, 1.54) is 38.5 Å². The second-order valence-corrected chi connectivity index (χ2v) is 6.50. The fraction of sp³-hybridized carbons (Fsp3) is 0.867. The van der Waals surface area contributed by atoms with E-state index in [-0.39, 0.29) is 12.0 Å². The third-order valence-corrected chi connectivity index (χ3v) is 4.98. The van der Waals surface area contributed by atoms with Gasteiger partial charge in [0.15, 0.2) is 5.82 Å². The summed E-state index contributed by atoms with van der Waals surface area (Å²) in [6.07, 6.45) is 9.65. The first kappa shape index (κ1) is 13.1. The molecule has 3 rings (SSSR count). The molecular weight excluding hydrogens is 238 g/mol. The van der Waals surface area contributed by atoms with Crippen molar-refractivity contribution >= 4 is 0 Å². The molecule has 4 heteroatoms. The molecule has 2 N–H and O–H groups in total. The minimum atomic E-state index is 0.202. The first-order chi connectivity index (χ1) is 9.24. The molecule has 106 valence electrons. The van der Waals surface area contributed by atoms with Crippen LogP contribution in [-0.2, 0) is 0 Å². The molecule has 2 atom stereocenters. The molecule has 0 amide bonds. The smallest absolute Gasteiger partial charge is 0.231 e. The van der Waals surface area contributed by atoms with Crippen LogP contribution >= 0.6 is 0 Å². The van der Waals surface area contributed by atoms with Crippen molar-refractivity contribution in [2.75, 3.05) is 0 Å². The summed E-state index contributed by atoms with van der Waals surface area (Å²) in [5.41, 5.74) is 6.19. The minimum absolute atomic E-state index is 0.202. The van der Waals surface area contributed by atoms with E-state index in [0.717, 1.165) is 30.5 Å². The zero-order valence-corrected chi connectivity index (χ0v) is 11.8. The zero-order chi connectivity index (χ0) is 13.2. The van der Waals surface area contributed by atoms with Gasteiger partial charge in [-0.05, 0) is 31.6 Å². The standard InChI is InChI=1S/C15H25N3O/c1-10-6-8-11(9-7-10)14-17-15(19-18-14)12-4-2-3-5-13(12)16/h10-13H,2-9,16H2,1H3. The number of aromatic nitrogens is 2. The van der Waals surface area contributed by atoms with E-state index in [4.69, 9.17) is 10.3 Å². The van der Waals surface area contributed by atoms with Crippen LogP contribution in [0.2, 0.25) is 0 Å². The van der Waals surface area contributed by atoms with E-state index in [2.05, 4.69) is 17.1 Å². The highest BCUT2D eigenvalue weighted by atomic mass is 16.5. The first-order valence-corrected chi connectivity index (χ1v) is 7.83. The minimum Gasteiger partial charge on any atom is -0.339 e. The van der Waals surface area contributed by atoms with E-state index < -0.39 is 0 Å². The second-order valence-electron chi connectivity index (χ2n) is 6.50. The lowest BCUT2D eigenvalue weighted by Gasteiger charge is -2.25. The van der Waals surface area contributed by atoms with Crippen molar-refractivity contribution in [3.8, 4) is 0 Å². The lowest BCUT2D eigenvalue weighted by Crippen LogP contribution is -2.31. The van der Waals surface area contributed by atoms with Crippen molar-refractivity contribution in [3.63, 3.8) is 0 Å². The van der Waals surface area contributed by atoms with Gasteiger partial charge in [-0.25, -0.2) is 0 Å². The van der Waals surface area contributed by atoms with Gasteiger partial charge in [0, 0.05) is 12.0 Å². The Morgan fingerprint density at radius 3 is 2.53 bits per heavy atom. The number of rotatable bonds is 2. The molecule has 0 spiro atoms. The molecule has 1 heterocycles. The fourth-order valence-electron chi connectivity index (χ4n) is 3.55. The van der Waals surface area contributed by atoms with E-state index in [1.54, 1.807) is 0 Å². The van der Waals surface area contributed by atoms with Gasteiger partial charge in [0.25, 0.3) is 0 Å². The third-order valence-electron chi connectivity index (χ3n) is 4.98. The Hall–Kier alpha value is -0.900. The summed E-state index contributed by atoms with van der Waals surface area (Å²) in [5.74, 6) is 3.38. The van der Waals surface area contributed by atoms with E-state index in [0.29, 0.717) is 5.92 Å². The normalized spacial score (nSPS) is 36.3. The molecule has 19 heavy (non-hydrogen) atoms. The molecule has 1 aromatic rings. The molecule has 2 unspecified atom stereocenters. The lowest BCUT2D eigenvalue weighted by atomic mass is 9.82. The van der Waals surface area contributed by atoms with Gasteiger partial charge in [0.2, 0.25) is 5.89 Å². The summed E-state index contributed by atoms with van der Waals surface area (Å²) in [6.45, 7) is 2.33. The second kappa shape index (κ2) is 5.61. The molecule has 0 bridgehead atoms. The van der Waals surface area contributed by atoms with Crippen LogP contribution in [0.15, 0.2) is 4.52 Å². The third kappa shape index (κ3) is 2.83. The van der Waals surface area contributed by atoms with Crippen LogP contribution in [-0.4, -0.2) is 16.2 Å². The van der Waals surface area contributed by atoms with Crippen molar-refractivity contribution in [1.29, 1.82) is 0 Å². The monoisotopic (exact) mass is 263 g/mol. The number of nitrogens with two attached hydrogens (primary N) is 1. The van der Waals surface area contributed by atoms with Gasteiger partial charge < -0.3 is 10.3 Å². The molecular formula is C15H25N3O. The molecule has 2 aliphatic carbocycles. The van der Waals surface area contributed by atoms with Gasteiger partial charge in [-0.15, -0.1) is 0 Å². The topological polar surface area (TPSA) is 64.9 Å². The Kier molecular flexibility index (Phi) is 3.87. The molecule has 2 fully saturated rings. The van der Waals surface area contributed by atoms with Crippen molar-refractivity contribution in [2.24, 2.45) is 11.7 Å². The van der Waals surface area contributed by atoms with Gasteiger partial charge >= 0.3 is 0 Å². The quantitative estimate of drug-likeness (QED) is 0.888. The highest BCUT2D eigenvalue weighted by Gasteiger charge is 2.30. The fourth-order valence-corrected chi connectivity index (χ4v) is 3.55. The maximum atomic E-state index is 6.19. The van der Waals surface area contributed by atoms with Crippen LogP contribution in [0.5, 0.6) is 0 Å². The van der Waals surface area contributed by atoms with Crippen molar-refractivity contribution in [1.82, 2.24) is 10.1 Å². The van der Waals surface area contributed by atoms with Gasteiger partial charge in [0.05, 0.1) is 5.92 Å². The van der Waals surface area contributed by atoms with Crippen molar-refractivity contribution in [3.05, 3.63) is 11.7 Å². The Balaban J connectivity index is 1.68. The lowest BCUT2D eigenvalue weighted by molar-refractivity contribution is 0.285. The van der Waals surface area contributed by atoms with Gasteiger partial charge in [-0.3, -0.25) is 0 Å². The van der Waals surface area contributed by atoms with Crippen LogP contribution in [0.1, 0.15) is 81.8 Å². The summed E-state index contributed by atoms with van der Waals surface area (Å²) >= 11 is 0. The summed E-state index contributed by atoms with van der Waals surface area (Å²) in [4.78, 5) is 4.68. The predicted octanol–water partition coefficient (Wildman–Crippen LogP) is 3.35. The molecule has 0 aromatic carbocycles.